The van der Waals surface area contributed by atoms with E-state index in [1.165, 1.54) is 0 Å². The smallest absolute Gasteiger partial charge is 0.167 e. The Hall–Kier alpha value is -0.530. The topological polar surface area (TPSA) is 26.1 Å². The highest BCUT2D eigenvalue weighted by atomic mass is 16.5. The Kier molecular flexibility index (Phi) is 0.525. The second kappa shape index (κ2) is 1.47. The van der Waals surface area contributed by atoms with E-state index in [0.717, 1.165) is 0 Å². The summed E-state index contributed by atoms with van der Waals surface area (Å²) in [5.41, 5.74) is -0.763. The fourth-order valence-electron chi connectivity index (χ4n) is 0.551. The molecule has 46 valence electrons. The van der Waals surface area contributed by atoms with Gasteiger partial charge in [0, 0.05) is 29.4 Å². The fraction of sp³-hybridized carbons (Fsp3) is 0.833. The number of hydrogen-bond donors (Lipinski definition) is 0. The van der Waals surface area contributed by atoms with Gasteiger partial charge in [-0.25, -0.2) is 4.74 Å². The van der Waals surface area contributed by atoms with Crippen molar-refractivity contribution in [1.82, 2.24) is 0 Å². The maximum absolute atomic E-state index is 11.1. The number of rotatable bonds is 0. The van der Waals surface area contributed by atoms with Crippen molar-refractivity contribution in [2.24, 2.45) is 0 Å². The fourth-order valence-corrected chi connectivity index (χ4v) is 0.551. The summed E-state index contributed by atoms with van der Waals surface area (Å²) in [6, 6.07) is 0. The molecule has 1 rings (SSSR count). The summed E-state index contributed by atoms with van der Waals surface area (Å²) in [5.74, 6) is 0. The minimum absolute atomic E-state index is 0.0995. The zero-order valence-corrected chi connectivity index (χ0v) is 5.06. The van der Waals surface area contributed by atoms with Crippen molar-refractivity contribution in [3.8, 4) is 0 Å². The van der Waals surface area contributed by atoms with Gasteiger partial charge in [0.25, 0.3) is 0 Å². The summed E-state index contributed by atoms with van der Waals surface area (Å²) >= 11 is 0. The SMILES string of the molecule is [2H]C1=[N+]([O-])C(C)(C)CC1([2H])[2H]. The van der Waals surface area contributed by atoms with Crippen molar-refractivity contribution >= 4 is 6.19 Å². The maximum atomic E-state index is 11.1. The molecule has 2 nitrogen and oxygen atoms in total. The van der Waals surface area contributed by atoms with Crippen LogP contribution in [0.1, 0.15) is 30.8 Å². The maximum Gasteiger partial charge on any atom is 0.167 e. The van der Waals surface area contributed by atoms with Crippen LogP contribution in [0.15, 0.2) is 0 Å². The normalized spacial score (nSPS) is 38.5. The third-order valence-electron chi connectivity index (χ3n) is 1.25. The molecule has 1 aliphatic heterocycles. The van der Waals surface area contributed by atoms with E-state index in [0.29, 0.717) is 4.74 Å². The molecule has 0 atom stereocenters. The van der Waals surface area contributed by atoms with Gasteiger partial charge in [-0.05, 0) is 0 Å². The first-order chi connectivity index (χ1) is 4.77. The van der Waals surface area contributed by atoms with Gasteiger partial charge in [-0.3, -0.25) is 0 Å². The molecule has 0 aromatic carbocycles. The van der Waals surface area contributed by atoms with E-state index in [1.807, 2.05) is 0 Å². The van der Waals surface area contributed by atoms with E-state index in [-0.39, 0.29) is 6.42 Å². The van der Waals surface area contributed by atoms with Gasteiger partial charge in [0.1, 0.15) is 1.37 Å². The van der Waals surface area contributed by atoms with Crippen LogP contribution in [0.25, 0.3) is 0 Å². The van der Waals surface area contributed by atoms with Crippen LogP contribution in [-0.4, -0.2) is 16.5 Å². The van der Waals surface area contributed by atoms with Crippen LogP contribution in [-0.2, 0) is 0 Å². The van der Waals surface area contributed by atoms with Gasteiger partial charge in [0.05, 0.1) is 0 Å². The predicted octanol–water partition coefficient (Wildman–Crippen LogP) is 1.14. The summed E-state index contributed by atoms with van der Waals surface area (Å²) in [6.07, 6.45) is -2.10. The van der Waals surface area contributed by atoms with Crippen LogP contribution in [0.5, 0.6) is 0 Å². The van der Waals surface area contributed by atoms with E-state index in [2.05, 4.69) is 0 Å². The summed E-state index contributed by atoms with van der Waals surface area (Å²) < 4.78 is 22.2. The Bertz CT molecular complexity index is 200. The lowest BCUT2D eigenvalue weighted by molar-refractivity contribution is -0.527. The summed E-state index contributed by atoms with van der Waals surface area (Å²) in [5, 5.41) is 11.1. The second-order valence-electron chi connectivity index (χ2n) is 2.57. The van der Waals surface area contributed by atoms with Crippen molar-refractivity contribution < 1.29 is 8.85 Å². The Morgan fingerprint density at radius 3 is 2.75 bits per heavy atom. The van der Waals surface area contributed by atoms with Crippen LogP contribution in [0, 0.1) is 5.21 Å². The molecule has 0 unspecified atom stereocenters. The number of nitrogens with zero attached hydrogens (tertiary/aromatic N) is 1. The van der Waals surface area contributed by atoms with E-state index >= 15 is 0 Å². The van der Waals surface area contributed by atoms with Crippen molar-refractivity contribution in [3.63, 3.8) is 0 Å². The zero-order valence-electron chi connectivity index (χ0n) is 8.06. The van der Waals surface area contributed by atoms with Crippen molar-refractivity contribution in [2.45, 2.75) is 32.2 Å². The van der Waals surface area contributed by atoms with Gasteiger partial charge in [-0.1, -0.05) is 0 Å². The lowest BCUT2D eigenvalue weighted by Crippen LogP contribution is -2.27. The Labute approximate surface area is 53.6 Å². The van der Waals surface area contributed by atoms with Crippen molar-refractivity contribution in [2.75, 3.05) is 0 Å². The average Bonchev–Trinajstić information content (AvgIpc) is 1.91. The molecule has 0 aromatic rings. The van der Waals surface area contributed by atoms with Gasteiger partial charge in [-0.2, -0.15) is 0 Å². The highest BCUT2D eigenvalue weighted by Gasteiger charge is 2.29. The second-order valence-corrected chi connectivity index (χ2v) is 2.57. The van der Waals surface area contributed by atoms with Crippen LogP contribution in [0.2, 0.25) is 0 Å². The molecule has 0 bridgehead atoms. The Balaban J connectivity index is 3.09. The van der Waals surface area contributed by atoms with E-state index in [9.17, 15) is 5.21 Å². The highest BCUT2D eigenvalue weighted by molar-refractivity contribution is 5.53. The number of hydrogen-bond acceptors (Lipinski definition) is 1. The zero-order chi connectivity index (χ0) is 8.86. The first-order valence-corrected chi connectivity index (χ1v) is 2.59. The van der Waals surface area contributed by atoms with E-state index in [1.54, 1.807) is 13.8 Å². The predicted molar refractivity (Wildman–Crippen MR) is 33.0 cm³/mol. The third-order valence-corrected chi connectivity index (χ3v) is 1.25. The third kappa shape index (κ3) is 0.703. The lowest BCUT2D eigenvalue weighted by atomic mass is 10.0. The first-order valence-electron chi connectivity index (χ1n) is 4.09. The van der Waals surface area contributed by atoms with Crippen LogP contribution >= 0.6 is 0 Å². The molecule has 0 amide bonds. The lowest BCUT2D eigenvalue weighted by Gasteiger charge is -2.16. The molecule has 0 saturated carbocycles. The molecular weight excluding hydrogens is 102 g/mol. The molecule has 0 aromatic heterocycles. The van der Waals surface area contributed by atoms with Crippen molar-refractivity contribution in [3.05, 3.63) is 5.21 Å². The Morgan fingerprint density at radius 2 is 2.62 bits per heavy atom. The minimum atomic E-state index is -1.74. The number of hydroxylamine groups is 1. The first kappa shape index (κ1) is 2.85. The summed E-state index contributed by atoms with van der Waals surface area (Å²) in [6.45, 7) is 3.28. The molecule has 0 spiro atoms. The van der Waals surface area contributed by atoms with Crippen LogP contribution in [0.4, 0.5) is 0 Å². The van der Waals surface area contributed by atoms with Gasteiger partial charge < -0.3 is 5.21 Å². The van der Waals surface area contributed by atoms with Gasteiger partial charge in [-0.15, -0.1) is 0 Å². The largest absolute Gasteiger partial charge is 0.624 e. The molecular formula is C6H11NO. The molecule has 1 heterocycles. The van der Waals surface area contributed by atoms with Crippen LogP contribution < -0.4 is 0 Å². The van der Waals surface area contributed by atoms with Gasteiger partial charge in [0.15, 0.2) is 11.7 Å². The molecule has 0 N–H and O–H groups in total. The molecule has 0 aliphatic carbocycles. The molecule has 8 heavy (non-hydrogen) atoms. The van der Waals surface area contributed by atoms with Crippen molar-refractivity contribution in [1.29, 1.82) is 0 Å². The quantitative estimate of drug-likeness (QED) is 0.344. The standard InChI is InChI=1S/C6H11NO/c1-6(2)4-3-5-7(6)8/h5H,3-4H2,1-2H3/i3D2,5D. The van der Waals surface area contributed by atoms with Crippen LogP contribution in [0.3, 0.4) is 0 Å². The summed E-state index contributed by atoms with van der Waals surface area (Å²) in [4.78, 5) is 0. The highest BCUT2D eigenvalue weighted by Crippen LogP contribution is 2.19. The van der Waals surface area contributed by atoms with Gasteiger partial charge >= 0.3 is 0 Å². The monoisotopic (exact) mass is 116 g/mol. The van der Waals surface area contributed by atoms with E-state index < -0.39 is 18.1 Å². The molecule has 0 fully saturated rings. The molecule has 1 aliphatic rings. The average molecular weight is 116 g/mol. The molecule has 0 radical (unpaired) electrons. The van der Waals surface area contributed by atoms with E-state index in [4.69, 9.17) is 4.11 Å². The van der Waals surface area contributed by atoms with Gasteiger partial charge in [0.2, 0.25) is 0 Å². The minimum Gasteiger partial charge on any atom is -0.624 e. The summed E-state index contributed by atoms with van der Waals surface area (Å²) in [7, 11) is 0. The Morgan fingerprint density at radius 1 is 2.00 bits per heavy atom. The molecule has 0 saturated heterocycles. The molecule has 2 heteroatoms.